The van der Waals surface area contributed by atoms with Crippen LogP contribution in [-0.2, 0) is 4.74 Å². The SMILES string of the molecule is Cc1cc(C#CCNC(=O)OCC2c3ccccc3-c3ccccc32)cnc1C#N. The van der Waals surface area contributed by atoms with Crippen LogP contribution in [0.4, 0.5) is 4.79 Å². The number of amides is 1. The Morgan fingerprint density at radius 1 is 1.13 bits per heavy atom. The zero-order valence-corrected chi connectivity index (χ0v) is 16.5. The maximum atomic E-state index is 12.1. The van der Waals surface area contributed by atoms with E-state index >= 15 is 0 Å². The van der Waals surface area contributed by atoms with Gasteiger partial charge in [0.05, 0.1) is 6.54 Å². The normalized spacial score (nSPS) is 11.5. The van der Waals surface area contributed by atoms with Gasteiger partial charge in [0.2, 0.25) is 0 Å². The fourth-order valence-electron chi connectivity index (χ4n) is 3.67. The number of hydrogen-bond acceptors (Lipinski definition) is 4. The molecule has 146 valence electrons. The molecule has 1 amide bonds. The number of hydrogen-bond donors (Lipinski definition) is 1. The number of nitriles is 1. The molecule has 0 spiro atoms. The van der Waals surface area contributed by atoms with Crippen LogP contribution in [0.3, 0.4) is 0 Å². The minimum absolute atomic E-state index is 0.0296. The highest BCUT2D eigenvalue weighted by atomic mass is 16.5. The number of aromatic nitrogens is 1. The summed E-state index contributed by atoms with van der Waals surface area (Å²) in [5, 5.41) is 11.6. The second kappa shape index (κ2) is 8.51. The van der Waals surface area contributed by atoms with Gasteiger partial charge in [0, 0.05) is 17.7 Å². The standard InChI is InChI=1S/C25H19N3O2/c1-17-13-18(15-28-24(17)14-26)7-6-12-27-25(29)30-16-23-21-10-4-2-8-19(21)20-9-3-5-11-22(20)23/h2-5,8-11,13,15,23H,12,16H2,1H3,(H,27,29). The molecule has 0 aliphatic heterocycles. The highest BCUT2D eigenvalue weighted by Gasteiger charge is 2.28. The lowest BCUT2D eigenvalue weighted by Crippen LogP contribution is -2.26. The predicted octanol–water partition coefficient (Wildman–Crippen LogP) is 4.15. The third kappa shape index (κ3) is 3.87. The van der Waals surface area contributed by atoms with E-state index in [1.165, 1.54) is 22.3 Å². The van der Waals surface area contributed by atoms with Gasteiger partial charge in [0.1, 0.15) is 18.4 Å². The van der Waals surface area contributed by atoms with Crippen molar-refractivity contribution in [2.45, 2.75) is 12.8 Å². The third-order valence-corrected chi connectivity index (χ3v) is 5.08. The van der Waals surface area contributed by atoms with Crippen LogP contribution < -0.4 is 5.32 Å². The first-order chi connectivity index (χ1) is 14.7. The minimum atomic E-state index is -0.500. The fourth-order valence-corrected chi connectivity index (χ4v) is 3.67. The number of aryl methyl sites for hydroxylation is 1. The van der Waals surface area contributed by atoms with E-state index in [0.29, 0.717) is 11.3 Å². The van der Waals surface area contributed by atoms with Gasteiger partial charge in [0.15, 0.2) is 0 Å². The van der Waals surface area contributed by atoms with Crippen LogP contribution in [0.15, 0.2) is 60.8 Å². The van der Waals surface area contributed by atoms with E-state index in [1.54, 1.807) is 12.3 Å². The smallest absolute Gasteiger partial charge is 0.407 e. The van der Waals surface area contributed by atoms with E-state index in [0.717, 1.165) is 5.56 Å². The largest absolute Gasteiger partial charge is 0.449 e. The quantitative estimate of drug-likeness (QED) is 0.678. The second-order valence-corrected chi connectivity index (χ2v) is 6.98. The Morgan fingerprint density at radius 2 is 1.80 bits per heavy atom. The fraction of sp³-hybridized carbons (Fsp3) is 0.160. The highest BCUT2D eigenvalue weighted by Crippen LogP contribution is 2.44. The summed E-state index contributed by atoms with van der Waals surface area (Å²) in [5.74, 6) is 5.82. The molecule has 3 aromatic rings. The topological polar surface area (TPSA) is 75.0 Å². The van der Waals surface area contributed by atoms with Crippen molar-refractivity contribution >= 4 is 6.09 Å². The summed E-state index contributed by atoms with van der Waals surface area (Å²) in [4.78, 5) is 16.2. The Labute approximate surface area is 175 Å². The van der Waals surface area contributed by atoms with Gasteiger partial charge >= 0.3 is 6.09 Å². The molecule has 0 unspecified atom stereocenters. The number of rotatable bonds is 3. The zero-order valence-electron chi connectivity index (χ0n) is 16.5. The summed E-state index contributed by atoms with van der Waals surface area (Å²) < 4.78 is 5.48. The first kappa shape index (κ1) is 19.2. The van der Waals surface area contributed by atoms with Gasteiger partial charge < -0.3 is 10.1 Å². The molecule has 0 atom stereocenters. The number of ether oxygens (including phenoxy) is 1. The summed E-state index contributed by atoms with van der Waals surface area (Å²) in [6.45, 7) is 2.24. The van der Waals surface area contributed by atoms with Crippen LogP contribution in [0.5, 0.6) is 0 Å². The number of fused-ring (bicyclic) bond motifs is 3. The van der Waals surface area contributed by atoms with Crippen molar-refractivity contribution in [3.63, 3.8) is 0 Å². The van der Waals surface area contributed by atoms with Crippen LogP contribution in [0.1, 0.15) is 33.9 Å². The van der Waals surface area contributed by atoms with Crippen molar-refractivity contribution in [3.05, 3.63) is 88.7 Å². The zero-order chi connectivity index (χ0) is 20.9. The molecular weight excluding hydrogens is 374 g/mol. The molecule has 30 heavy (non-hydrogen) atoms. The maximum absolute atomic E-state index is 12.1. The first-order valence-electron chi connectivity index (χ1n) is 9.62. The van der Waals surface area contributed by atoms with E-state index < -0.39 is 6.09 Å². The predicted molar refractivity (Wildman–Crippen MR) is 114 cm³/mol. The van der Waals surface area contributed by atoms with Crippen molar-refractivity contribution < 1.29 is 9.53 Å². The lowest BCUT2D eigenvalue weighted by Gasteiger charge is -2.14. The van der Waals surface area contributed by atoms with Crippen LogP contribution in [0.2, 0.25) is 0 Å². The molecule has 2 aromatic carbocycles. The molecule has 0 saturated carbocycles. The average Bonchev–Trinajstić information content (AvgIpc) is 3.09. The van der Waals surface area contributed by atoms with Gasteiger partial charge in [-0.15, -0.1) is 0 Å². The number of carbonyl (C=O) groups excluding carboxylic acids is 1. The summed E-state index contributed by atoms with van der Waals surface area (Å²) >= 11 is 0. The van der Waals surface area contributed by atoms with Gasteiger partial charge in [-0.25, -0.2) is 9.78 Å². The third-order valence-electron chi connectivity index (χ3n) is 5.08. The molecule has 0 bridgehead atoms. The average molecular weight is 393 g/mol. The number of nitrogens with zero attached hydrogens (tertiary/aromatic N) is 2. The van der Waals surface area contributed by atoms with Crippen molar-refractivity contribution in [1.82, 2.24) is 10.3 Å². The number of carbonyl (C=O) groups is 1. The van der Waals surface area contributed by atoms with Gasteiger partial charge in [-0.3, -0.25) is 0 Å². The Balaban J connectivity index is 1.34. The van der Waals surface area contributed by atoms with Crippen LogP contribution in [-0.4, -0.2) is 24.2 Å². The molecule has 1 aromatic heterocycles. The Kier molecular flexibility index (Phi) is 5.46. The van der Waals surface area contributed by atoms with E-state index in [9.17, 15) is 4.79 Å². The Bertz CT molecular complexity index is 1170. The molecule has 1 aliphatic rings. The van der Waals surface area contributed by atoms with E-state index in [-0.39, 0.29) is 19.1 Å². The van der Waals surface area contributed by atoms with Crippen molar-refractivity contribution in [2.75, 3.05) is 13.2 Å². The van der Waals surface area contributed by atoms with Gasteiger partial charge in [-0.05, 0) is 40.8 Å². The molecule has 1 heterocycles. The van der Waals surface area contributed by atoms with E-state index in [4.69, 9.17) is 10.00 Å². The molecule has 5 nitrogen and oxygen atoms in total. The Morgan fingerprint density at radius 3 is 2.43 bits per heavy atom. The highest BCUT2D eigenvalue weighted by molar-refractivity contribution is 5.79. The molecular formula is C25H19N3O2. The maximum Gasteiger partial charge on any atom is 0.407 e. The van der Waals surface area contributed by atoms with Crippen molar-refractivity contribution in [2.24, 2.45) is 0 Å². The van der Waals surface area contributed by atoms with E-state index in [2.05, 4.69) is 46.4 Å². The minimum Gasteiger partial charge on any atom is -0.449 e. The number of pyridine rings is 1. The molecule has 0 radical (unpaired) electrons. The lowest BCUT2D eigenvalue weighted by atomic mass is 9.98. The number of nitrogens with one attached hydrogen (secondary N) is 1. The molecule has 4 rings (SSSR count). The molecule has 1 N–H and O–H groups in total. The second-order valence-electron chi connectivity index (χ2n) is 6.98. The molecule has 5 heteroatoms. The molecule has 0 fully saturated rings. The summed E-state index contributed by atoms with van der Waals surface area (Å²) in [5.41, 5.74) is 6.59. The first-order valence-corrected chi connectivity index (χ1v) is 9.62. The van der Waals surface area contributed by atoms with Crippen LogP contribution in [0, 0.1) is 30.1 Å². The molecule has 1 aliphatic carbocycles. The van der Waals surface area contributed by atoms with Crippen LogP contribution >= 0.6 is 0 Å². The lowest BCUT2D eigenvalue weighted by molar-refractivity contribution is 0.144. The summed E-state index contributed by atoms with van der Waals surface area (Å²) in [7, 11) is 0. The van der Waals surface area contributed by atoms with Crippen LogP contribution in [0.25, 0.3) is 11.1 Å². The van der Waals surface area contributed by atoms with Gasteiger partial charge in [0.25, 0.3) is 0 Å². The van der Waals surface area contributed by atoms with E-state index in [1.807, 2.05) is 37.3 Å². The Hall–Kier alpha value is -4.09. The van der Waals surface area contributed by atoms with Gasteiger partial charge in [-0.1, -0.05) is 60.4 Å². The summed E-state index contributed by atoms with van der Waals surface area (Å²) in [6, 6.07) is 20.2. The molecule has 0 saturated heterocycles. The van der Waals surface area contributed by atoms with Crippen molar-refractivity contribution in [1.29, 1.82) is 5.26 Å². The van der Waals surface area contributed by atoms with Gasteiger partial charge in [-0.2, -0.15) is 5.26 Å². The van der Waals surface area contributed by atoms with Crippen molar-refractivity contribution in [3.8, 4) is 29.0 Å². The number of alkyl carbamates (subject to hydrolysis) is 1. The summed E-state index contributed by atoms with van der Waals surface area (Å²) in [6.07, 6.45) is 1.05. The monoisotopic (exact) mass is 393 g/mol. The number of benzene rings is 2.